The molecule has 3 N–H and O–H groups in total. The number of aliphatic hydroxyl groups is 1. The number of hydrogen-bond donors (Lipinski definition) is 3. The van der Waals surface area contributed by atoms with Crippen molar-refractivity contribution in [2.75, 3.05) is 5.75 Å². The van der Waals surface area contributed by atoms with E-state index in [1.54, 1.807) is 11.8 Å². The van der Waals surface area contributed by atoms with Gasteiger partial charge in [0.2, 0.25) is 5.91 Å². The van der Waals surface area contributed by atoms with Crippen molar-refractivity contribution < 1.29 is 29.3 Å². The van der Waals surface area contributed by atoms with Crippen LogP contribution in [0.1, 0.15) is 73.2 Å². The normalized spacial score (nSPS) is 17.8. The van der Waals surface area contributed by atoms with Crippen molar-refractivity contribution in [2.24, 2.45) is 0 Å². The fourth-order valence-corrected chi connectivity index (χ4v) is 6.42. The SMILES string of the molecule is O=C(O)CCCCCC(=O)NCc1cccc(-c2cccc([C@H]3O[C@@H](CSc4ccccc4)C[C@@H](c4ccc(CO)cc4)O3)c2)c1. The summed E-state index contributed by atoms with van der Waals surface area (Å²) in [6.45, 7) is 0.429. The first-order chi connectivity index (χ1) is 22.5. The molecule has 7 nitrogen and oxygen atoms in total. The number of carboxylic acid groups (broad SMARTS) is 1. The summed E-state index contributed by atoms with van der Waals surface area (Å²) in [5, 5.41) is 21.3. The molecule has 1 saturated heterocycles. The van der Waals surface area contributed by atoms with Crippen molar-refractivity contribution in [3.63, 3.8) is 0 Å². The highest BCUT2D eigenvalue weighted by molar-refractivity contribution is 7.99. The molecule has 1 aliphatic heterocycles. The van der Waals surface area contributed by atoms with Crippen molar-refractivity contribution >= 4 is 23.6 Å². The molecule has 0 unspecified atom stereocenters. The van der Waals surface area contributed by atoms with Gasteiger partial charge in [0.25, 0.3) is 0 Å². The highest BCUT2D eigenvalue weighted by Crippen LogP contribution is 2.40. The Morgan fingerprint density at radius 3 is 2.26 bits per heavy atom. The molecule has 5 rings (SSSR count). The molecule has 0 bridgehead atoms. The van der Waals surface area contributed by atoms with Gasteiger partial charge in [0.05, 0.1) is 18.8 Å². The Labute approximate surface area is 275 Å². The van der Waals surface area contributed by atoms with Gasteiger partial charge in [-0.05, 0) is 64.9 Å². The molecule has 1 amide bonds. The number of carbonyl (C=O) groups is 2. The molecule has 3 atom stereocenters. The molecule has 1 fully saturated rings. The molecule has 1 heterocycles. The van der Waals surface area contributed by atoms with Crippen LogP contribution in [0.15, 0.2) is 108 Å². The monoisotopic (exact) mass is 639 g/mol. The van der Waals surface area contributed by atoms with E-state index in [9.17, 15) is 14.7 Å². The summed E-state index contributed by atoms with van der Waals surface area (Å²) in [6.07, 6.45) is 2.52. The minimum Gasteiger partial charge on any atom is -0.481 e. The number of rotatable bonds is 15. The molecule has 0 spiro atoms. The van der Waals surface area contributed by atoms with Gasteiger partial charge in [-0.25, -0.2) is 0 Å². The number of nitrogens with one attached hydrogen (secondary N) is 1. The third-order valence-electron chi connectivity index (χ3n) is 8.00. The molecule has 0 aromatic heterocycles. The van der Waals surface area contributed by atoms with Gasteiger partial charge in [-0.3, -0.25) is 9.59 Å². The number of ether oxygens (including phenoxy) is 2. The van der Waals surface area contributed by atoms with Crippen molar-refractivity contribution in [3.8, 4) is 11.1 Å². The van der Waals surface area contributed by atoms with Crippen LogP contribution in [0.4, 0.5) is 0 Å². The number of aliphatic carboxylic acids is 1. The number of thioether (sulfide) groups is 1. The van der Waals surface area contributed by atoms with Gasteiger partial charge in [0.1, 0.15) is 0 Å². The second-order valence-corrected chi connectivity index (χ2v) is 12.6. The second kappa shape index (κ2) is 17.1. The van der Waals surface area contributed by atoms with Crippen LogP contribution in [-0.4, -0.2) is 33.9 Å². The summed E-state index contributed by atoms with van der Waals surface area (Å²) in [5.74, 6) is -0.0368. The summed E-state index contributed by atoms with van der Waals surface area (Å²) >= 11 is 1.78. The molecule has 8 heteroatoms. The maximum atomic E-state index is 12.3. The van der Waals surface area contributed by atoms with Gasteiger partial charge in [-0.1, -0.05) is 85.3 Å². The number of hydrogen-bond acceptors (Lipinski definition) is 6. The minimum atomic E-state index is -0.801. The van der Waals surface area contributed by atoms with E-state index < -0.39 is 12.3 Å². The van der Waals surface area contributed by atoms with Crippen molar-refractivity contribution in [1.29, 1.82) is 0 Å². The fourth-order valence-electron chi connectivity index (χ4n) is 5.48. The summed E-state index contributed by atoms with van der Waals surface area (Å²) in [5.41, 5.74) is 5.92. The van der Waals surface area contributed by atoms with Crippen LogP contribution in [0.25, 0.3) is 11.1 Å². The summed E-state index contributed by atoms with van der Waals surface area (Å²) in [6, 6.07) is 34.6. The number of carboxylic acids is 1. The molecular formula is C38H41NO6S. The molecule has 1 aliphatic rings. The first kappa shape index (κ1) is 33.4. The molecule has 4 aromatic rings. The lowest BCUT2D eigenvalue weighted by Gasteiger charge is -2.36. The van der Waals surface area contributed by atoms with E-state index in [2.05, 4.69) is 41.7 Å². The van der Waals surface area contributed by atoms with E-state index in [-0.39, 0.29) is 31.1 Å². The quantitative estimate of drug-likeness (QED) is 0.0899. The Kier molecular flexibility index (Phi) is 12.4. The maximum Gasteiger partial charge on any atom is 0.303 e. The summed E-state index contributed by atoms with van der Waals surface area (Å²) < 4.78 is 13.2. The highest BCUT2D eigenvalue weighted by Gasteiger charge is 2.32. The van der Waals surface area contributed by atoms with E-state index >= 15 is 0 Å². The average molecular weight is 640 g/mol. The van der Waals surface area contributed by atoms with E-state index in [1.807, 2.05) is 66.7 Å². The van der Waals surface area contributed by atoms with Crippen LogP contribution in [0.3, 0.4) is 0 Å². The minimum absolute atomic E-state index is 0.00439. The molecule has 0 aliphatic carbocycles. The Morgan fingerprint density at radius 1 is 0.761 bits per heavy atom. The lowest BCUT2D eigenvalue weighted by molar-refractivity contribution is -0.245. The zero-order valence-corrected chi connectivity index (χ0v) is 26.7. The van der Waals surface area contributed by atoms with E-state index in [4.69, 9.17) is 14.6 Å². The lowest BCUT2D eigenvalue weighted by Crippen LogP contribution is -2.31. The predicted octanol–water partition coefficient (Wildman–Crippen LogP) is 7.83. The number of aliphatic hydroxyl groups excluding tert-OH is 1. The zero-order chi connectivity index (χ0) is 32.1. The fraction of sp³-hybridized carbons (Fsp3) is 0.316. The average Bonchev–Trinajstić information content (AvgIpc) is 3.10. The van der Waals surface area contributed by atoms with Crippen molar-refractivity contribution in [1.82, 2.24) is 5.32 Å². The van der Waals surface area contributed by atoms with Gasteiger partial charge in [0.15, 0.2) is 6.29 Å². The summed E-state index contributed by atoms with van der Waals surface area (Å²) in [4.78, 5) is 24.2. The van der Waals surface area contributed by atoms with Crippen LogP contribution >= 0.6 is 11.8 Å². The van der Waals surface area contributed by atoms with Crippen LogP contribution in [0.5, 0.6) is 0 Å². The number of carbonyl (C=O) groups excluding carboxylic acids is 1. The van der Waals surface area contributed by atoms with Crippen LogP contribution in [0, 0.1) is 0 Å². The largest absolute Gasteiger partial charge is 0.481 e. The molecule has 240 valence electrons. The molecule has 46 heavy (non-hydrogen) atoms. The predicted molar refractivity (Wildman–Crippen MR) is 180 cm³/mol. The Morgan fingerprint density at radius 2 is 1.50 bits per heavy atom. The van der Waals surface area contributed by atoms with E-state index in [1.165, 1.54) is 4.90 Å². The third-order valence-corrected chi connectivity index (χ3v) is 9.14. The first-order valence-corrected chi connectivity index (χ1v) is 16.8. The second-order valence-electron chi connectivity index (χ2n) is 11.5. The van der Waals surface area contributed by atoms with Crippen LogP contribution in [0.2, 0.25) is 0 Å². The third kappa shape index (κ3) is 10.0. The van der Waals surface area contributed by atoms with E-state index in [0.717, 1.165) is 52.0 Å². The number of benzene rings is 4. The molecular weight excluding hydrogens is 598 g/mol. The van der Waals surface area contributed by atoms with E-state index in [0.29, 0.717) is 25.8 Å². The molecule has 4 aromatic carbocycles. The Bertz CT molecular complexity index is 1560. The van der Waals surface area contributed by atoms with Crippen molar-refractivity contribution in [2.45, 2.75) is 75.1 Å². The smallest absolute Gasteiger partial charge is 0.303 e. The van der Waals surface area contributed by atoms with Gasteiger partial charge >= 0.3 is 5.97 Å². The van der Waals surface area contributed by atoms with Crippen molar-refractivity contribution in [3.05, 3.63) is 125 Å². The Balaban J connectivity index is 1.26. The Hall–Kier alpha value is -3.95. The van der Waals surface area contributed by atoms with Gasteiger partial charge < -0.3 is 25.0 Å². The topological polar surface area (TPSA) is 105 Å². The first-order valence-electron chi connectivity index (χ1n) is 15.8. The molecule has 0 radical (unpaired) electrons. The van der Waals surface area contributed by atoms with Crippen LogP contribution < -0.4 is 5.32 Å². The number of unbranched alkanes of at least 4 members (excludes halogenated alkanes) is 2. The standard InChI is InChI=1S/C38H41NO6S/c40-25-27-17-19-29(20-18-27)35-23-33(26-46-34-13-3-1-4-14-34)44-38(45-35)32-12-8-11-31(22-32)30-10-7-9-28(21-30)24-39-36(41)15-5-2-6-16-37(42)43/h1,3-4,7-14,17-22,33,35,38,40H,2,5-6,15-16,23-26H2,(H,39,41)(H,42,43)/t33-,35+,38+/m1/s1. The van der Waals surface area contributed by atoms with Gasteiger partial charge in [-0.15, -0.1) is 11.8 Å². The van der Waals surface area contributed by atoms with Gasteiger partial charge in [0, 0.05) is 42.0 Å². The zero-order valence-electron chi connectivity index (χ0n) is 25.8. The highest BCUT2D eigenvalue weighted by atomic mass is 32.2. The molecule has 0 saturated carbocycles. The lowest BCUT2D eigenvalue weighted by atomic mass is 9.99. The maximum absolute atomic E-state index is 12.3. The van der Waals surface area contributed by atoms with Gasteiger partial charge in [-0.2, -0.15) is 0 Å². The number of amides is 1. The summed E-state index contributed by atoms with van der Waals surface area (Å²) in [7, 11) is 0. The van der Waals surface area contributed by atoms with Crippen LogP contribution in [-0.2, 0) is 32.2 Å².